The number of aromatic nitrogens is 2. The van der Waals surface area contributed by atoms with E-state index in [0.29, 0.717) is 11.4 Å². The number of alkyl halides is 3. The molecule has 1 N–H and O–H groups in total. The van der Waals surface area contributed by atoms with Crippen molar-refractivity contribution in [2.45, 2.75) is 51.7 Å². The number of benzene rings is 2. The Balaban J connectivity index is 1.49. The predicted molar refractivity (Wildman–Crippen MR) is 122 cm³/mol. The standard InChI is InChI=1S/C24H23F3N4O4/c1-14-3-4-15(2)21(9-14)35-19-11-17(10-18(12-19)31(33)34)28-23(32)7-8-30-20(16-5-6-16)13-22(29-30)24(25,26)27/h3-4,9-13,16H,5-8H2,1-2H3,(H,28,32). The number of nitro benzene ring substituents is 1. The highest BCUT2D eigenvalue weighted by Crippen LogP contribution is 2.42. The first-order chi connectivity index (χ1) is 16.5. The maximum Gasteiger partial charge on any atom is 0.435 e. The first kappa shape index (κ1) is 24.2. The van der Waals surface area contributed by atoms with Crippen LogP contribution in [0.15, 0.2) is 42.5 Å². The number of nitrogens with zero attached hydrogens (tertiary/aromatic N) is 3. The highest BCUT2D eigenvalue weighted by atomic mass is 19.4. The zero-order chi connectivity index (χ0) is 25.3. The zero-order valence-corrected chi connectivity index (χ0v) is 19.1. The van der Waals surface area contributed by atoms with Gasteiger partial charge in [0.25, 0.3) is 5.69 Å². The number of hydrogen-bond donors (Lipinski definition) is 1. The maximum absolute atomic E-state index is 13.1. The molecule has 1 aliphatic rings. The third-order valence-electron chi connectivity index (χ3n) is 5.61. The summed E-state index contributed by atoms with van der Waals surface area (Å²) < 4.78 is 46.3. The molecule has 2 aromatic carbocycles. The van der Waals surface area contributed by atoms with Crippen molar-refractivity contribution in [3.05, 3.63) is 75.1 Å². The van der Waals surface area contributed by atoms with E-state index in [0.717, 1.165) is 30.0 Å². The van der Waals surface area contributed by atoms with Gasteiger partial charge in [0.05, 0.1) is 16.7 Å². The fraction of sp³-hybridized carbons (Fsp3) is 0.333. The second-order valence-electron chi connectivity index (χ2n) is 8.59. The average molecular weight is 488 g/mol. The lowest BCUT2D eigenvalue weighted by Crippen LogP contribution is -2.16. The smallest absolute Gasteiger partial charge is 0.435 e. The van der Waals surface area contributed by atoms with Gasteiger partial charge in [-0.3, -0.25) is 19.6 Å². The molecule has 0 saturated heterocycles. The van der Waals surface area contributed by atoms with Crippen LogP contribution in [0.3, 0.4) is 0 Å². The van der Waals surface area contributed by atoms with Crippen molar-refractivity contribution in [1.82, 2.24) is 9.78 Å². The van der Waals surface area contributed by atoms with Crippen LogP contribution in [0, 0.1) is 24.0 Å². The fourth-order valence-electron chi connectivity index (χ4n) is 3.65. The first-order valence-electron chi connectivity index (χ1n) is 11.0. The van der Waals surface area contributed by atoms with Crippen molar-refractivity contribution >= 4 is 17.3 Å². The highest BCUT2D eigenvalue weighted by molar-refractivity contribution is 5.91. The van der Waals surface area contributed by atoms with Crippen LogP contribution < -0.4 is 10.1 Å². The minimum absolute atomic E-state index is 0.0169. The molecule has 3 aromatic rings. The molecule has 184 valence electrons. The number of hydrogen-bond acceptors (Lipinski definition) is 5. The Bertz CT molecular complexity index is 1280. The van der Waals surface area contributed by atoms with Gasteiger partial charge in [-0.2, -0.15) is 18.3 Å². The van der Waals surface area contributed by atoms with E-state index in [-0.39, 0.29) is 36.0 Å². The molecule has 0 radical (unpaired) electrons. The third-order valence-corrected chi connectivity index (χ3v) is 5.61. The van der Waals surface area contributed by atoms with Gasteiger partial charge in [-0.25, -0.2) is 0 Å². The molecule has 35 heavy (non-hydrogen) atoms. The number of rotatable bonds is 8. The lowest BCUT2D eigenvalue weighted by Gasteiger charge is -2.12. The maximum atomic E-state index is 13.1. The van der Waals surface area contributed by atoms with E-state index in [4.69, 9.17) is 4.74 Å². The van der Waals surface area contributed by atoms with Gasteiger partial charge in [-0.1, -0.05) is 12.1 Å². The van der Waals surface area contributed by atoms with Crippen LogP contribution in [-0.4, -0.2) is 20.6 Å². The zero-order valence-electron chi connectivity index (χ0n) is 19.1. The molecule has 11 heteroatoms. The van der Waals surface area contributed by atoms with Crippen LogP contribution in [0.25, 0.3) is 0 Å². The summed E-state index contributed by atoms with van der Waals surface area (Å²) in [6.07, 6.45) is -3.15. The monoisotopic (exact) mass is 488 g/mol. The van der Waals surface area contributed by atoms with E-state index in [9.17, 15) is 28.1 Å². The van der Waals surface area contributed by atoms with Crippen LogP contribution in [0.4, 0.5) is 24.5 Å². The Morgan fingerprint density at radius 3 is 2.60 bits per heavy atom. The number of amides is 1. The summed E-state index contributed by atoms with van der Waals surface area (Å²) in [5, 5.41) is 17.6. The van der Waals surface area contributed by atoms with Crippen molar-refractivity contribution in [3.8, 4) is 11.5 Å². The van der Waals surface area contributed by atoms with E-state index in [1.807, 2.05) is 26.0 Å². The highest BCUT2D eigenvalue weighted by Gasteiger charge is 2.37. The van der Waals surface area contributed by atoms with Gasteiger partial charge in [-0.15, -0.1) is 0 Å². The Kier molecular flexibility index (Phi) is 6.51. The van der Waals surface area contributed by atoms with Gasteiger partial charge >= 0.3 is 6.18 Å². The second kappa shape index (κ2) is 9.40. The number of carbonyl (C=O) groups is 1. The quantitative estimate of drug-likeness (QED) is 0.304. The Morgan fingerprint density at radius 2 is 1.94 bits per heavy atom. The van der Waals surface area contributed by atoms with E-state index < -0.39 is 22.7 Å². The minimum atomic E-state index is -4.56. The summed E-state index contributed by atoms with van der Waals surface area (Å²) in [6.45, 7) is 3.68. The molecule has 1 amide bonds. The topological polar surface area (TPSA) is 99.3 Å². The minimum Gasteiger partial charge on any atom is -0.457 e. The summed E-state index contributed by atoms with van der Waals surface area (Å²) in [6, 6.07) is 10.5. The molecular formula is C24H23F3N4O4. The molecule has 1 aromatic heterocycles. The largest absolute Gasteiger partial charge is 0.457 e. The molecule has 0 unspecified atom stereocenters. The van der Waals surface area contributed by atoms with Crippen molar-refractivity contribution in [2.24, 2.45) is 0 Å². The lowest BCUT2D eigenvalue weighted by molar-refractivity contribution is -0.384. The van der Waals surface area contributed by atoms with Crippen molar-refractivity contribution in [3.63, 3.8) is 0 Å². The molecule has 1 saturated carbocycles. The SMILES string of the molecule is Cc1ccc(C)c(Oc2cc(NC(=O)CCn3nc(C(F)(F)F)cc3C3CC3)cc([N+](=O)[O-])c2)c1. The van der Waals surface area contributed by atoms with Crippen LogP contribution >= 0.6 is 0 Å². The van der Waals surface area contributed by atoms with Crippen LogP contribution in [-0.2, 0) is 17.5 Å². The number of nitro groups is 1. The number of carbonyl (C=O) groups excluding carboxylic acids is 1. The number of aryl methyl sites for hydroxylation is 3. The molecule has 1 aliphatic carbocycles. The Labute approximate surface area is 198 Å². The molecule has 0 atom stereocenters. The van der Waals surface area contributed by atoms with E-state index in [1.54, 1.807) is 6.07 Å². The Morgan fingerprint density at radius 1 is 1.20 bits per heavy atom. The van der Waals surface area contributed by atoms with Gasteiger partial charge in [-0.05, 0) is 49.9 Å². The first-order valence-corrected chi connectivity index (χ1v) is 11.0. The van der Waals surface area contributed by atoms with Gasteiger partial charge in [0.1, 0.15) is 11.5 Å². The van der Waals surface area contributed by atoms with Crippen molar-refractivity contribution in [2.75, 3.05) is 5.32 Å². The summed E-state index contributed by atoms with van der Waals surface area (Å²) in [4.78, 5) is 23.3. The van der Waals surface area contributed by atoms with Gasteiger partial charge in [0.15, 0.2) is 5.69 Å². The summed E-state index contributed by atoms with van der Waals surface area (Å²) in [7, 11) is 0. The molecule has 1 fully saturated rings. The average Bonchev–Trinajstić information content (AvgIpc) is 3.52. The molecule has 0 spiro atoms. The van der Waals surface area contributed by atoms with Crippen molar-refractivity contribution < 1.29 is 27.6 Å². The summed E-state index contributed by atoms with van der Waals surface area (Å²) in [5.74, 6) is 0.188. The molecule has 0 aliphatic heterocycles. The normalized spacial score (nSPS) is 13.5. The van der Waals surface area contributed by atoms with E-state index in [2.05, 4.69) is 10.4 Å². The van der Waals surface area contributed by atoms with Crippen molar-refractivity contribution in [1.29, 1.82) is 0 Å². The van der Waals surface area contributed by atoms with E-state index in [1.165, 1.54) is 22.9 Å². The molecule has 0 bridgehead atoms. The van der Waals surface area contributed by atoms with Crippen LogP contribution in [0.2, 0.25) is 0 Å². The molecule has 4 rings (SSSR count). The number of halogens is 3. The van der Waals surface area contributed by atoms with Gasteiger partial charge < -0.3 is 10.1 Å². The van der Waals surface area contributed by atoms with E-state index >= 15 is 0 Å². The second-order valence-corrected chi connectivity index (χ2v) is 8.59. The number of nitrogens with one attached hydrogen (secondary N) is 1. The van der Waals surface area contributed by atoms with Gasteiger partial charge in [0.2, 0.25) is 5.91 Å². The molecule has 1 heterocycles. The lowest BCUT2D eigenvalue weighted by atomic mass is 10.1. The van der Waals surface area contributed by atoms with Crippen LogP contribution in [0.5, 0.6) is 11.5 Å². The third kappa shape index (κ3) is 5.97. The number of anilines is 1. The number of ether oxygens (including phenoxy) is 1. The molecule has 8 nitrogen and oxygen atoms in total. The van der Waals surface area contributed by atoms with Gasteiger partial charge in [0, 0.05) is 36.7 Å². The Hall–Kier alpha value is -3.89. The summed E-state index contributed by atoms with van der Waals surface area (Å²) in [5.41, 5.74) is 1.12. The molecular weight excluding hydrogens is 465 g/mol. The fourth-order valence-corrected chi connectivity index (χ4v) is 3.65. The number of non-ortho nitro benzene ring substituents is 1. The van der Waals surface area contributed by atoms with Crippen LogP contribution in [0.1, 0.15) is 47.7 Å². The summed E-state index contributed by atoms with van der Waals surface area (Å²) >= 11 is 0. The predicted octanol–water partition coefficient (Wildman–Crippen LogP) is 6.13.